The first kappa shape index (κ1) is 26.4. The SMILES string of the molecule is CC(C)(C)OC(=O)N1CCN(CCNc2ncnc3oc(-c4ccc(C=O)cc4)c(-c4ccccc4)c23)CC1. The smallest absolute Gasteiger partial charge is 0.410 e. The van der Waals surface area contributed by atoms with Crippen LogP contribution in [0.4, 0.5) is 10.6 Å². The number of hydrogen-bond donors (Lipinski definition) is 1. The van der Waals surface area contributed by atoms with E-state index in [-0.39, 0.29) is 6.09 Å². The molecule has 2 aromatic heterocycles. The van der Waals surface area contributed by atoms with Gasteiger partial charge in [-0.2, -0.15) is 0 Å². The van der Waals surface area contributed by atoms with E-state index < -0.39 is 5.60 Å². The lowest BCUT2D eigenvalue weighted by atomic mass is 9.99. The van der Waals surface area contributed by atoms with Gasteiger partial charge in [-0.05, 0) is 26.3 Å². The van der Waals surface area contributed by atoms with Crippen molar-refractivity contribution >= 4 is 29.3 Å². The molecule has 1 fully saturated rings. The Morgan fingerprint density at radius 3 is 2.38 bits per heavy atom. The second-order valence-corrected chi connectivity index (χ2v) is 10.6. The molecule has 1 aliphatic rings. The van der Waals surface area contributed by atoms with E-state index in [9.17, 15) is 9.59 Å². The van der Waals surface area contributed by atoms with Crippen molar-refractivity contribution in [2.45, 2.75) is 26.4 Å². The third kappa shape index (κ3) is 6.09. The Morgan fingerprint density at radius 2 is 1.72 bits per heavy atom. The van der Waals surface area contributed by atoms with Crippen molar-refractivity contribution in [1.29, 1.82) is 0 Å². The van der Waals surface area contributed by atoms with Gasteiger partial charge in [-0.15, -0.1) is 0 Å². The van der Waals surface area contributed by atoms with Crippen molar-refractivity contribution in [3.63, 3.8) is 0 Å². The van der Waals surface area contributed by atoms with Crippen molar-refractivity contribution in [2.24, 2.45) is 0 Å². The molecule has 0 radical (unpaired) electrons. The molecular weight excluding hydrogens is 494 g/mol. The van der Waals surface area contributed by atoms with Crippen molar-refractivity contribution in [3.05, 3.63) is 66.5 Å². The number of anilines is 1. The Kier molecular flexibility index (Phi) is 7.60. The lowest BCUT2D eigenvalue weighted by Gasteiger charge is -2.35. The van der Waals surface area contributed by atoms with E-state index in [1.54, 1.807) is 17.0 Å². The van der Waals surface area contributed by atoms with Gasteiger partial charge in [-0.3, -0.25) is 9.69 Å². The number of nitrogens with one attached hydrogen (secondary N) is 1. The quantitative estimate of drug-likeness (QED) is 0.322. The fourth-order valence-electron chi connectivity index (χ4n) is 4.68. The monoisotopic (exact) mass is 527 g/mol. The highest BCUT2D eigenvalue weighted by Gasteiger charge is 2.26. The van der Waals surface area contributed by atoms with Gasteiger partial charge in [-0.25, -0.2) is 14.8 Å². The molecule has 0 bridgehead atoms. The fourth-order valence-corrected chi connectivity index (χ4v) is 4.68. The van der Waals surface area contributed by atoms with E-state index in [0.717, 1.165) is 48.0 Å². The van der Waals surface area contributed by atoms with E-state index in [1.165, 1.54) is 6.33 Å². The number of fused-ring (bicyclic) bond motifs is 1. The molecule has 4 aromatic rings. The van der Waals surface area contributed by atoms with E-state index in [0.29, 0.717) is 42.5 Å². The van der Waals surface area contributed by atoms with Gasteiger partial charge >= 0.3 is 6.09 Å². The number of aromatic nitrogens is 2. The van der Waals surface area contributed by atoms with Crippen molar-refractivity contribution in [2.75, 3.05) is 44.6 Å². The molecule has 0 atom stereocenters. The van der Waals surface area contributed by atoms with Gasteiger partial charge in [0, 0.05) is 56.0 Å². The number of benzene rings is 2. The van der Waals surface area contributed by atoms with Gasteiger partial charge in [0.25, 0.3) is 0 Å². The predicted octanol–water partition coefficient (Wildman–Crippen LogP) is 5.33. The maximum Gasteiger partial charge on any atom is 0.410 e. The van der Waals surface area contributed by atoms with Crippen LogP contribution in [-0.2, 0) is 4.74 Å². The molecule has 2 aromatic carbocycles. The summed E-state index contributed by atoms with van der Waals surface area (Å²) in [5.41, 5.74) is 3.34. The van der Waals surface area contributed by atoms with E-state index in [4.69, 9.17) is 9.15 Å². The fraction of sp³-hybridized carbons (Fsp3) is 0.333. The van der Waals surface area contributed by atoms with Crippen LogP contribution in [0.2, 0.25) is 0 Å². The van der Waals surface area contributed by atoms with Crippen LogP contribution in [-0.4, -0.2) is 77.0 Å². The number of hydrogen-bond acceptors (Lipinski definition) is 8. The standard InChI is InChI=1S/C30H33N5O4/c1-30(2,3)39-29(37)35-17-15-34(16-18-35)14-13-31-27-25-24(22-7-5-4-6-8-22)26(38-28(25)33-20-32-27)23-11-9-21(19-36)10-12-23/h4-12,19-20H,13-18H2,1-3H3,(H,31,32,33). The second kappa shape index (κ2) is 11.2. The van der Waals surface area contributed by atoms with E-state index >= 15 is 0 Å². The van der Waals surface area contributed by atoms with E-state index in [1.807, 2.05) is 63.2 Å². The molecule has 1 amide bonds. The molecule has 1 N–H and O–H groups in total. The maximum absolute atomic E-state index is 12.4. The summed E-state index contributed by atoms with van der Waals surface area (Å²) >= 11 is 0. The van der Waals surface area contributed by atoms with Crippen molar-refractivity contribution < 1.29 is 18.7 Å². The van der Waals surface area contributed by atoms with Crippen LogP contribution in [0.1, 0.15) is 31.1 Å². The van der Waals surface area contributed by atoms with Crippen LogP contribution in [0.25, 0.3) is 33.6 Å². The van der Waals surface area contributed by atoms with Crippen LogP contribution in [0.15, 0.2) is 65.3 Å². The lowest BCUT2D eigenvalue weighted by molar-refractivity contribution is 0.0148. The highest BCUT2D eigenvalue weighted by atomic mass is 16.6. The van der Waals surface area contributed by atoms with Crippen molar-refractivity contribution in [1.82, 2.24) is 19.8 Å². The van der Waals surface area contributed by atoms with Crippen LogP contribution >= 0.6 is 0 Å². The molecule has 0 spiro atoms. The van der Waals surface area contributed by atoms with E-state index in [2.05, 4.69) is 20.2 Å². The van der Waals surface area contributed by atoms with Gasteiger partial charge in [0.05, 0.1) is 5.39 Å². The van der Waals surface area contributed by atoms with Crippen molar-refractivity contribution in [3.8, 4) is 22.5 Å². The first-order valence-corrected chi connectivity index (χ1v) is 13.1. The number of amides is 1. The number of furan rings is 1. The Morgan fingerprint density at radius 1 is 1.00 bits per heavy atom. The third-order valence-electron chi connectivity index (χ3n) is 6.60. The maximum atomic E-state index is 12.4. The molecule has 0 unspecified atom stereocenters. The largest absolute Gasteiger partial charge is 0.444 e. The molecule has 1 saturated heterocycles. The Bertz CT molecular complexity index is 1440. The van der Waals surface area contributed by atoms with Gasteiger partial charge in [0.2, 0.25) is 5.71 Å². The molecule has 1 aliphatic heterocycles. The minimum Gasteiger partial charge on any atom is -0.444 e. The third-order valence-corrected chi connectivity index (χ3v) is 6.60. The Labute approximate surface area is 227 Å². The van der Waals surface area contributed by atoms with Gasteiger partial charge in [-0.1, -0.05) is 54.6 Å². The zero-order chi connectivity index (χ0) is 27.4. The molecule has 9 nitrogen and oxygen atoms in total. The molecule has 9 heteroatoms. The molecular formula is C30H33N5O4. The van der Waals surface area contributed by atoms with Gasteiger partial charge < -0.3 is 19.4 Å². The van der Waals surface area contributed by atoms with Crippen LogP contribution in [0.5, 0.6) is 0 Å². The molecule has 0 saturated carbocycles. The number of ether oxygens (including phenoxy) is 1. The summed E-state index contributed by atoms with van der Waals surface area (Å²) in [7, 11) is 0. The summed E-state index contributed by atoms with van der Waals surface area (Å²) < 4.78 is 11.8. The van der Waals surface area contributed by atoms with Gasteiger partial charge in [0.15, 0.2) is 0 Å². The number of carbonyl (C=O) groups is 2. The number of nitrogens with zero attached hydrogens (tertiary/aromatic N) is 4. The highest BCUT2D eigenvalue weighted by molar-refractivity contribution is 6.05. The first-order valence-electron chi connectivity index (χ1n) is 13.1. The average molecular weight is 528 g/mol. The second-order valence-electron chi connectivity index (χ2n) is 10.6. The summed E-state index contributed by atoms with van der Waals surface area (Å²) in [6, 6.07) is 17.3. The zero-order valence-electron chi connectivity index (χ0n) is 22.5. The predicted molar refractivity (Wildman–Crippen MR) is 151 cm³/mol. The number of rotatable bonds is 7. The van der Waals surface area contributed by atoms with Crippen LogP contribution < -0.4 is 5.32 Å². The minimum absolute atomic E-state index is 0.256. The summed E-state index contributed by atoms with van der Waals surface area (Å²) in [6.07, 6.45) is 2.07. The summed E-state index contributed by atoms with van der Waals surface area (Å²) in [5.74, 6) is 1.38. The first-order chi connectivity index (χ1) is 18.8. The zero-order valence-corrected chi connectivity index (χ0v) is 22.5. The van der Waals surface area contributed by atoms with Gasteiger partial charge in [0.1, 0.15) is 29.8 Å². The molecule has 3 heterocycles. The molecule has 0 aliphatic carbocycles. The number of carbonyl (C=O) groups excluding carboxylic acids is 2. The van der Waals surface area contributed by atoms with Crippen LogP contribution in [0.3, 0.4) is 0 Å². The topological polar surface area (TPSA) is 101 Å². The highest BCUT2D eigenvalue weighted by Crippen LogP contribution is 2.42. The summed E-state index contributed by atoms with van der Waals surface area (Å²) in [4.78, 5) is 36.6. The summed E-state index contributed by atoms with van der Waals surface area (Å²) in [5, 5.41) is 4.30. The molecule has 5 rings (SSSR count). The normalized spacial score (nSPS) is 14.4. The Balaban J connectivity index is 1.33. The number of piperazine rings is 1. The minimum atomic E-state index is -0.495. The average Bonchev–Trinajstić information content (AvgIpc) is 3.33. The summed E-state index contributed by atoms with van der Waals surface area (Å²) in [6.45, 7) is 9.94. The molecule has 39 heavy (non-hydrogen) atoms. The van der Waals surface area contributed by atoms with Crippen LogP contribution in [0, 0.1) is 0 Å². The Hall–Kier alpha value is -4.24. The molecule has 202 valence electrons. The number of aldehydes is 1. The lowest BCUT2D eigenvalue weighted by Crippen LogP contribution is -2.50.